The zero-order valence-corrected chi connectivity index (χ0v) is 13.8. The number of ether oxygens (including phenoxy) is 1. The maximum Gasteiger partial charge on any atom is 0.340 e. The molecule has 0 saturated heterocycles. The topological polar surface area (TPSA) is 60.7 Å². The van der Waals surface area contributed by atoms with Gasteiger partial charge in [-0.25, -0.2) is 9.00 Å². The molecule has 2 rings (SSSR count). The maximum atomic E-state index is 12.1. The lowest BCUT2D eigenvalue weighted by Crippen LogP contribution is -2.20. The minimum atomic E-state index is -1.34. The van der Waals surface area contributed by atoms with Gasteiger partial charge in [0, 0.05) is 12.2 Å². The van der Waals surface area contributed by atoms with Crippen molar-refractivity contribution in [1.82, 2.24) is 4.57 Å². The summed E-state index contributed by atoms with van der Waals surface area (Å²) in [5.41, 5.74) is 2.32. The van der Waals surface area contributed by atoms with E-state index in [4.69, 9.17) is 4.74 Å². The van der Waals surface area contributed by atoms with Crippen molar-refractivity contribution < 1.29 is 13.7 Å². The van der Waals surface area contributed by atoms with Crippen molar-refractivity contribution in [2.45, 2.75) is 51.3 Å². The number of rotatable bonds is 3. The highest BCUT2D eigenvalue weighted by Crippen LogP contribution is 2.23. The minimum Gasteiger partial charge on any atom is -0.465 e. The molecule has 1 atom stereocenters. The zero-order valence-electron chi connectivity index (χ0n) is 13.0. The number of carbonyl (C=O) groups excluding carboxylic acids is 1. The molecule has 116 valence electrons. The van der Waals surface area contributed by atoms with Crippen LogP contribution in [0.1, 0.15) is 55.4 Å². The summed E-state index contributed by atoms with van der Waals surface area (Å²) in [6, 6.07) is 1.87. The Bertz CT molecular complexity index is 597. The van der Waals surface area contributed by atoms with E-state index in [0.717, 1.165) is 31.5 Å². The lowest BCUT2D eigenvalue weighted by Gasteiger charge is -2.17. The van der Waals surface area contributed by atoms with Crippen LogP contribution in [0.25, 0.3) is 0 Å². The summed E-state index contributed by atoms with van der Waals surface area (Å²) in [6.45, 7) is 6.47. The standard InChI is InChI=1S/C15H22N2O3S/c1-15(2,3)21(19)16-10-13-12(14(18)20-4)9-11-7-5-6-8-17(11)13/h9-10H,5-8H2,1-4H3. The van der Waals surface area contributed by atoms with E-state index < -0.39 is 15.7 Å². The molecule has 0 amide bonds. The molecule has 6 heteroatoms. The number of carbonyl (C=O) groups is 1. The Kier molecular flexibility index (Phi) is 4.66. The van der Waals surface area contributed by atoms with Gasteiger partial charge >= 0.3 is 5.97 Å². The van der Waals surface area contributed by atoms with Gasteiger partial charge in [-0.3, -0.25) is 0 Å². The van der Waals surface area contributed by atoms with Crippen molar-refractivity contribution in [1.29, 1.82) is 0 Å². The first-order valence-corrected chi connectivity index (χ1v) is 8.22. The molecule has 0 aliphatic carbocycles. The van der Waals surface area contributed by atoms with Crippen LogP contribution in [0.5, 0.6) is 0 Å². The molecule has 0 spiro atoms. The van der Waals surface area contributed by atoms with Crippen LogP contribution in [-0.4, -0.2) is 32.8 Å². The van der Waals surface area contributed by atoms with Gasteiger partial charge < -0.3 is 9.30 Å². The Morgan fingerprint density at radius 1 is 1.43 bits per heavy atom. The molecule has 0 aromatic carbocycles. The third-order valence-electron chi connectivity index (χ3n) is 3.49. The summed E-state index contributed by atoms with van der Waals surface area (Å²) in [5, 5.41) is 0. The van der Waals surface area contributed by atoms with E-state index in [1.807, 2.05) is 26.8 Å². The average Bonchev–Trinajstić information content (AvgIpc) is 2.81. The second-order valence-corrected chi connectivity index (χ2v) is 8.06. The number of nitrogens with zero attached hydrogens (tertiary/aromatic N) is 2. The van der Waals surface area contributed by atoms with E-state index in [1.165, 1.54) is 7.11 Å². The highest BCUT2D eigenvalue weighted by atomic mass is 32.2. The molecule has 2 heterocycles. The number of esters is 1. The number of aryl methyl sites for hydroxylation is 1. The van der Waals surface area contributed by atoms with Gasteiger partial charge in [0.05, 0.1) is 29.3 Å². The van der Waals surface area contributed by atoms with Gasteiger partial charge in [-0.2, -0.15) is 4.40 Å². The van der Waals surface area contributed by atoms with E-state index in [0.29, 0.717) is 11.3 Å². The lowest BCUT2D eigenvalue weighted by atomic mass is 10.1. The summed E-state index contributed by atoms with van der Waals surface area (Å²) in [7, 11) is 0.0261. The van der Waals surface area contributed by atoms with Crippen LogP contribution < -0.4 is 0 Å². The molecule has 0 bridgehead atoms. The van der Waals surface area contributed by atoms with Crippen molar-refractivity contribution >= 4 is 23.2 Å². The Morgan fingerprint density at radius 3 is 2.76 bits per heavy atom. The van der Waals surface area contributed by atoms with E-state index in [2.05, 4.69) is 8.96 Å². The van der Waals surface area contributed by atoms with E-state index in [9.17, 15) is 9.00 Å². The predicted octanol–water partition coefficient (Wildman–Crippen LogP) is 2.49. The minimum absolute atomic E-state index is 0.375. The van der Waals surface area contributed by atoms with Crippen LogP contribution in [0.3, 0.4) is 0 Å². The van der Waals surface area contributed by atoms with E-state index in [-0.39, 0.29) is 5.97 Å². The van der Waals surface area contributed by atoms with Crippen molar-refractivity contribution in [3.8, 4) is 0 Å². The molecule has 0 N–H and O–H groups in total. The van der Waals surface area contributed by atoms with Crippen LogP contribution in [-0.2, 0) is 28.7 Å². The van der Waals surface area contributed by atoms with Crippen molar-refractivity contribution in [2.75, 3.05) is 7.11 Å². The highest BCUT2D eigenvalue weighted by molar-refractivity contribution is 7.85. The van der Waals surface area contributed by atoms with Crippen LogP contribution in [0.4, 0.5) is 0 Å². The molecular formula is C15H22N2O3S. The number of hydrogen-bond acceptors (Lipinski definition) is 3. The first kappa shape index (κ1) is 15.9. The van der Waals surface area contributed by atoms with Crippen molar-refractivity contribution in [3.05, 3.63) is 23.0 Å². The lowest BCUT2D eigenvalue weighted by molar-refractivity contribution is 0.0600. The van der Waals surface area contributed by atoms with Gasteiger partial charge in [0.15, 0.2) is 0 Å². The molecule has 5 nitrogen and oxygen atoms in total. The van der Waals surface area contributed by atoms with Gasteiger partial charge in [-0.15, -0.1) is 0 Å². The van der Waals surface area contributed by atoms with Crippen LogP contribution >= 0.6 is 0 Å². The molecule has 1 aromatic heterocycles. The summed E-state index contributed by atoms with van der Waals surface area (Å²) >= 11 is 0. The fourth-order valence-corrected chi connectivity index (χ4v) is 2.85. The van der Waals surface area contributed by atoms with E-state index >= 15 is 0 Å². The summed E-state index contributed by atoms with van der Waals surface area (Å²) < 4.78 is 22.7. The number of fused-ring (bicyclic) bond motifs is 1. The number of aromatic nitrogens is 1. The second kappa shape index (κ2) is 6.13. The van der Waals surface area contributed by atoms with Crippen molar-refractivity contribution in [2.24, 2.45) is 4.40 Å². The molecule has 0 fully saturated rings. The van der Waals surface area contributed by atoms with Gasteiger partial charge in [-0.1, -0.05) is 0 Å². The first-order valence-electron chi connectivity index (χ1n) is 7.11. The van der Waals surface area contributed by atoms with Gasteiger partial charge in [0.25, 0.3) is 0 Å². The Labute approximate surface area is 128 Å². The summed E-state index contributed by atoms with van der Waals surface area (Å²) in [6.07, 6.45) is 4.70. The molecular weight excluding hydrogens is 288 g/mol. The Hall–Kier alpha value is -1.43. The molecule has 1 unspecified atom stereocenters. The summed E-state index contributed by atoms with van der Waals surface area (Å²) in [5.74, 6) is -0.375. The normalized spacial score (nSPS) is 16.8. The third kappa shape index (κ3) is 3.43. The molecule has 21 heavy (non-hydrogen) atoms. The Morgan fingerprint density at radius 2 is 2.14 bits per heavy atom. The van der Waals surface area contributed by atoms with Gasteiger partial charge in [-0.05, 0) is 46.1 Å². The smallest absolute Gasteiger partial charge is 0.340 e. The quantitative estimate of drug-likeness (QED) is 0.636. The van der Waals surface area contributed by atoms with E-state index in [1.54, 1.807) is 6.21 Å². The number of hydrogen-bond donors (Lipinski definition) is 0. The first-order chi connectivity index (χ1) is 9.84. The fraction of sp³-hybridized carbons (Fsp3) is 0.600. The predicted molar refractivity (Wildman–Crippen MR) is 84.2 cm³/mol. The molecule has 1 aromatic rings. The fourth-order valence-electron chi connectivity index (χ4n) is 2.33. The number of methoxy groups -OCH3 is 1. The average molecular weight is 310 g/mol. The van der Waals surface area contributed by atoms with Gasteiger partial charge in [0.2, 0.25) is 0 Å². The largest absolute Gasteiger partial charge is 0.465 e. The van der Waals surface area contributed by atoms with Gasteiger partial charge in [0.1, 0.15) is 11.0 Å². The SMILES string of the molecule is COC(=O)c1cc2n(c1C=NS(=O)C(C)(C)C)CCCC2. The van der Waals surface area contributed by atoms with Crippen molar-refractivity contribution in [3.63, 3.8) is 0 Å². The second-order valence-electron chi connectivity index (χ2n) is 6.13. The molecule has 1 aliphatic heterocycles. The maximum absolute atomic E-state index is 12.1. The monoisotopic (exact) mass is 310 g/mol. The van der Waals surface area contributed by atoms with Crippen LogP contribution in [0.15, 0.2) is 10.5 Å². The third-order valence-corrected chi connectivity index (χ3v) is 4.83. The van der Waals surface area contributed by atoms with Crippen LogP contribution in [0, 0.1) is 0 Å². The molecule has 0 saturated carbocycles. The summed E-state index contributed by atoms with van der Waals surface area (Å²) in [4.78, 5) is 11.9. The van der Waals surface area contributed by atoms with Crippen LogP contribution in [0.2, 0.25) is 0 Å². The molecule has 0 radical (unpaired) electrons. The Balaban J connectivity index is 2.41. The zero-order chi connectivity index (χ0) is 15.6. The molecule has 1 aliphatic rings. The highest BCUT2D eigenvalue weighted by Gasteiger charge is 2.23.